The molecule has 3 rings (SSSR count). The molecule has 0 fully saturated rings. The van der Waals surface area contributed by atoms with Crippen LogP contribution in [0.25, 0.3) is 0 Å². The summed E-state index contributed by atoms with van der Waals surface area (Å²) in [6.45, 7) is 5.30. The van der Waals surface area contributed by atoms with Crippen LogP contribution in [0.4, 0.5) is 0 Å². The highest BCUT2D eigenvalue weighted by Crippen LogP contribution is 2.33. The van der Waals surface area contributed by atoms with Gasteiger partial charge in [0, 0.05) is 19.4 Å². The van der Waals surface area contributed by atoms with E-state index < -0.39 is 17.1 Å². The smallest absolute Gasteiger partial charge is 0.331 e. The zero-order chi connectivity index (χ0) is 19.6. The van der Waals surface area contributed by atoms with E-state index in [0.29, 0.717) is 0 Å². The zero-order valence-electron chi connectivity index (χ0n) is 14.9. The first-order valence-electron chi connectivity index (χ1n) is 8.59. The van der Waals surface area contributed by atoms with E-state index in [0.717, 1.165) is 10.1 Å². The number of rotatable bonds is 5. The summed E-state index contributed by atoms with van der Waals surface area (Å²) < 4.78 is 0.994. The van der Waals surface area contributed by atoms with Crippen LogP contribution in [0.5, 0.6) is 5.88 Å². The van der Waals surface area contributed by atoms with Crippen molar-refractivity contribution in [3.8, 4) is 5.88 Å². The maximum absolute atomic E-state index is 12.4. The minimum absolute atomic E-state index is 0.0292. The lowest BCUT2D eigenvalue weighted by molar-refractivity contribution is -0.132. The topological polar surface area (TPSA) is 108 Å². The molecule has 1 aliphatic heterocycles. The number of aromatic hydroxyl groups is 1. The number of nitrogens with zero attached hydrogens (tertiary/aromatic N) is 3. The highest BCUT2D eigenvalue weighted by molar-refractivity contribution is 6.04. The van der Waals surface area contributed by atoms with E-state index in [2.05, 4.69) is 16.7 Å². The van der Waals surface area contributed by atoms with Crippen LogP contribution in [0.15, 0.2) is 57.7 Å². The molecule has 0 aliphatic carbocycles. The lowest BCUT2D eigenvalue weighted by Crippen LogP contribution is -2.33. The van der Waals surface area contributed by atoms with Gasteiger partial charge in [0.15, 0.2) is 0 Å². The summed E-state index contributed by atoms with van der Waals surface area (Å²) in [6, 6.07) is 8.96. The molecule has 1 atom stereocenters. The maximum atomic E-state index is 12.4. The monoisotopic (exact) mass is 368 g/mol. The molecule has 2 N–H and O–H groups in total. The standard InChI is InChI=1S/C19H20N4O4/c1-3-10-22-18(26)16(17(25)20-19(22)27)13-11-14(12-8-6-5-7-9-12)23(21-13)15(24)4-2/h3,5-9,14,26H,1,4,10-11H2,2H3,(H,20,25,27). The SMILES string of the molecule is C=CCn1c(O)c(C2=NN(C(=O)CC)C(c3ccccc3)C2)c(=O)[nH]c1=O. The number of carbonyl (C=O) groups is 1. The quantitative estimate of drug-likeness (QED) is 0.780. The molecule has 27 heavy (non-hydrogen) atoms. The first kappa shape index (κ1) is 18.4. The van der Waals surface area contributed by atoms with Gasteiger partial charge in [0.05, 0.1) is 11.8 Å². The summed E-state index contributed by atoms with van der Waals surface area (Å²) in [4.78, 5) is 38.8. The first-order chi connectivity index (χ1) is 13.0. The second-order valence-electron chi connectivity index (χ2n) is 6.13. The van der Waals surface area contributed by atoms with E-state index in [-0.39, 0.29) is 42.6 Å². The Morgan fingerprint density at radius 1 is 1.37 bits per heavy atom. The Bertz CT molecular complexity index is 1020. The third-order valence-corrected chi connectivity index (χ3v) is 4.42. The van der Waals surface area contributed by atoms with Crippen molar-refractivity contribution >= 4 is 11.6 Å². The van der Waals surface area contributed by atoms with Crippen LogP contribution in [0.2, 0.25) is 0 Å². The Hall–Kier alpha value is -3.42. The number of aromatic amines is 1. The molecule has 0 saturated heterocycles. The predicted octanol–water partition coefficient (Wildman–Crippen LogP) is 1.52. The normalized spacial score (nSPS) is 16.3. The minimum Gasteiger partial charge on any atom is -0.494 e. The van der Waals surface area contributed by atoms with E-state index in [1.807, 2.05) is 30.3 Å². The van der Waals surface area contributed by atoms with Gasteiger partial charge >= 0.3 is 5.69 Å². The molecule has 8 heteroatoms. The number of hydrogen-bond acceptors (Lipinski definition) is 5. The van der Waals surface area contributed by atoms with Gasteiger partial charge in [0.25, 0.3) is 5.56 Å². The number of benzene rings is 1. The summed E-state index contributed by atoms with van der Waals surface area (Å²) in [7, 11) is 0. The van der Waals surface area contributed by atoms with Gasteiger partial charge in [-0.15, -0.1) is 6.58 Å². The second kappa shape index (κ2) is 7.45. The molecule has 2 aromatic rings. The number of nitrogens with one attached hydrogen (secondary N) is 1. The summed E-state index contributed by atoms with van der Waals surface area (Å²) in [5.41, 5.74) is -0.464. The molecule has 2 heterocycles. The van der Waals surface area contributed by atoms with E-state index in [9.17, 15) is 19.5 Å². The van der Waals surface area contributed by atoms with Crippen molar-refractivity contribution in [2.45, 2.75) is 32.4 Å². The lowest BCUT2D eigenvalue weighted by atomic mass is 9.99. The third kappa shape index (κ3) is 3.33. The van der Waals surface area contributed by atoms with Crippen molar-refractivity contribution in [3.05, 3.63) is 75.0 Å². The average Bonchev–Trinajstić information content (AvgIpc) is 3.10. The number of aromatic nitrogens is 2. The summed E-state index contributed by atoms with van der Waals surface area (Å²) in [5.74, 6) is -0.686. The van der Waals surface area contributed by atoms with Crippen molar-refractivity contribution in [1.29, 1.82) is 0 Å². The maximum Gasteiger partial charge on any atom is 0.331 e. The number of H-pyrrole nitrogens is 1. The first-order valence-corrected chi connectivity index (χ1v) is 8.59. The number of carbonyl (C=O) groups excluding carboxylic acids is 1. The molecule has 1 unspecified atom stereocenters. The summed E-state index contributed by atoms with van der Waals surface area (Å²) in [6.07, 6.45) is 1.93. The summed E-state index contributed by atoms with van der Waals surface area (Å²) >= 11 is 0. The number of amides is 1. The number of hydrazone groups is 1. The molecule has 140 valence electrons. The van der Waals surface area contributed by atoms with Crippen LogP contribution in [0, 0.1) is 0 Å². The predicted molar refractivity (Wildman–Crippen MR) is 101 cm³/mol. The van der Waals surface area contributed by atoms with Crippen LogP contribution in [0.1, 0.15) is 36.9 Å². The fourth-order valence-electron chi connectivity index (χ4n) is 3.11. The van der Waals surface area contributed by atoms with Gasteiger partial charge in [-0.25, -0.2) is 9.80 Å². The van der Waals surface area contributed by atoms with Gasteiger partial charge in [0.1, 0.15) is 5.56 Å². The fourth-order valence-corrected chi connectivity index (χ4v) is 3.11. The second-order valence-corrected chi connectivity index (χ2v) is 6.13. The van der Waals surface area contributed by atoms with Crippen molar-refractivity contribution in [2.75, 3.05) is 0 Å². The third-order valence-electron chi connectivity index (χ3n) is 4.42. The van der Waals surface area contributed by atoms with Crippen molar-refractivity contribution < 1.29 is 9.90 Å². The highest BCUT2D eigenvalue weighted by atomic mass is 16.3. The van der Waals surface area contributed by atoms with E-state index in [1.54, 1.807) is 6.92 Å². The number of hydrogen-bond donors (Lipinski definition) is 2. The zero-order valence-corrected chi connectivity index (χ0v) is 14.9. The van der Waals surface area contributed by atoms with E-state index in [4.69, 9.17) is 0 Å². The molecular formula is C19H20N4O4. The van der Waals surface area contributed by atoms with Gasteiger partial charge in [-0.05, 0) is 5.56 Å². The van der Waals surface area contributed by atoms with Gasteiger partial charge < -0.3 is 5.11 Å². The molecule has 0 spiro atoms. The Kier molecular flexibility index (Phi) is 5.07. The molecule has 1 amide bonds. The minimum atomic E-state index is -0.742. The largest absolute Gasteiger partial charge is 0.494 e. The van der Waals surface area contributed by atoms with Gasteiger partial charge in [0.2, 0.25) is 11.8 Å². The lowest BCUT2D eigenvalue weighted by Gasteiger charge is -2.21. The van der Waals surface area contributed by atoms with Crippen LogP contribution in [-0.2, 0) is 11.3 Å². The van der Waals surface area contributed by atoms with Crippen LogP contribution < -0.4 is 11.2 Å². The number of allylic oxidation sites excluding steroid dienone is 1. The molecule has 0 radical (unpaired) electrons. The van der Waals surface area contributed by atoms with Crippen LogP contribution in [0.3, 0.4) is 0 Å². The molecule has 1 aromatic carbocycles. The van der Waals surface area contributed by atoms with E-state index in [1.165, 1.54) is 11.1 Å². The fraction of sp³-hybridized carbons (Fsp3) is 0.263. The highest BCUT2D eigenvalue weighted by Gasteiger charge is 2.34. The van der Waals surface area contributed by atoms with Crippen molar-refractivity contribution in [1.82, 2.24) is 14.6 Å². The molecule has 8 nitrogen and oxygen atoms in total. The van der Waals surface area contributed by atoms with Crippen molar-refractivity contribution in [3.63, 3.8) is 0 Å². The molecule has 0 bridgehead atoms. The Morgan fingerprint density at radius 3 is 2.70 bits per heavy atom. The molecule has 1 aromatic heterocycles. The van der Waals surface area contributed by atoms with Crippen LogP contribution >= 0.6 is 0 Å². The molecular weight excluding hydrogens is 348 g/mol. The molecule has 0 saturated carbocycles. The Balaban J connectivity index is 2.11. The van der Waals surface area contributed by atoms with Crippen molar-refractivity contribution in [2.24, 2.45) is 5.10 Å². The van der Waals surface area contributed by atoms with Gasteiger partial charge in [-0.1, -0.05) is 43.3 Å². The van der Waals surface area contributed by atoms with Gasteiger partial charge in [-0.3, -0.25) is 19.1 Å². The Labute approximate surface area is 155 Å². The van der Waals surface area contributed by atoms with E-state index >= 15 is 0 Å². The van der Waals surface area contributed by atoms with Crippen LogP contribution in [-0.4, -0.2) is 31.3 Å². The molecule has 1 aliphatic rings. The summed E-state index contributed by atoms with van der Waals surface area (Å²) in [5, 5.41) is 16.2. The average molecular weight is 368 g/mol. The van der Waals surface area contributed by atoms with Gasteiger partial charge in [-0.2, -0.15) is 5.10 Å². The Morgan fingerprint density at radius 2 is 2.07 bits per heavy atom.